The van der Waals surface area contributed by atoms with E-state index in [4.69, 9.17) is 0 Å². The van der Waals surface area contributed by atoms with Gasteiger partial charge in [0.15, 0.2) is 0 Å². The van der Waals surface area contributed by atoms with Crippen molar-refractivity contribution in [1.82, 2.24) is 0 Å². The van der Waals surface area contributed by atoms with Crippen LogP contribution in [0.15, 0.2) is 109 Å². The molecule has 3 atom stereocenters. The number of hydrogen-bond acceptors (Lipinski definition) is 0. The molecule has 0 amide bonds. The van der Waals surface area contributed by atoms with Crippen molar-refractivity contribution in [2.24, 2.45) is 0 Å². The highest BCUT2D eigenvalue weighted by atomic mass is 14.3. The molecule has 3 aliphatic rings. The molecule has 0 saturated carbocycles. The highest BCUT2D eigenvalue weighted by molar-refractivity contribution is 5.69. The Morgan fingerprint density at radius 2 is 0.667 bits per heavy atom. The summed E-state index contributed by atoms with van der Waals surface area (Å²) in [5.41, 5.74) is 12.4. The summed E-state index contributed by atoms with van der Waals surface area (Å²) in [4.78, 5) is 0. The standard InChI is InChI=1S/C33H24/c1-4-10-28-22(7-1)13-16-31(28)25-19-26(32-17-14-23-8-2-5-11-29(23)32)21-27(20-25)33-18-15-24-9-3-6-12-30(24)33/h1-21,31-33H. The Morgan fingerprint density at radius 1 is 0.364 bits per heavy atom. The van der Waals surface area contributed by atoms with Gasteiger partial charge in [0.1, 0.15) is 0 Å². The smallest absolute Gasteiger partial charge is 0.0278 e. The highest BCUT2D eigenvalue weighted by Crippen LogP contribution is 2.43. The lowest BCUT2D eigenvalue weighted by molar-refractivity contribution is 0.965. The van der Waals surface area contributed by atoms with Gasteiger partial charge in [-0.2, -0.15) is 0 Å². The van der Waals surface area contributed by atoms with Crippen LogP contribution in [0.4, 0.5) is 0 Å². The number of fused-ring (bicyclic) bond motifs is 3. The van der Waals surface area contributed by atoms with Crippen LogP contribution in [0.1, 0.15) is 67.8 Å². The van der Waals surface area contributed by atoms with E-state index in [1.54, 1.807) is 0 Å². The van der Waals surface area contributed by atoms with Crippen molar-refractivity contribution in [1.29, 1.82) is 0 Å². The molecule has 33 heavy (non-hydrogen) atoms. The molecule has 0 aromatic heterocycles. The van der Waals surface area contributed by atoms with E-state index in [-0.39, 0.29) is 0 Å². The Labute approximate surface area is 195 Å². The molecule has 0 nitrogen and oxygen atoms in total. The number of benzene rings is 4. The van der Waals surface area contributed by atoms with Crippen molar-refractivity contribution < 1.29 is 0 Å². The SMILES string of the molecule is C1=CC(c2cc(C3C=Cc4ccccc43)cc(C3C=Cc4ccccc43)c2)c2ccccc21. The van der Waals surface area contributed by atoms with E-state index < -0.39 is 0 Å². The van der Waals surface area contributed by atoms with Crippen LogP contribution in [0, 0.1) is 0 Å². The first-order chi connectivity index (χ1) is 16.3. The Balaban J connectivity index is 1.40. The van der Waals surface area contributed by atoms with Crippen LogP contribution >= 0.6 is 0 Å². The molecule has 0 heteroatoms. The minimum Gasteiger partial charge on any atom is -0.0720 e. The summed E-state index contributed by atoms with van der Waals surface area (Å²) in [6, 6.07) is 33.7. The molecule has 4 aromatic rings. The van der Waals surface area contributed by atoms with E-state index in [0.717, 1.165) is 0 Å². The van der Waals surface area contributed by atoms with Gasteiger partial charge in [-0.1, -0.05) is 127 Å². The molecule has 4 aromatic carbocycles. The lowest BCUT2D eigenvalue weighted by atomic mass is 9.82. The fraction of sp³-hybridized carbons (Fsp3) is 0.0909. The molecule has 0 fully saturated rings. The van der Waals surface area contributed by atoms with Gasteiger partial charge < -0.3 is 0 Å². The fourth-order valence-electron chi connectivity index (χ4n) is 5.86. The maximum atomic E-state index is 2.45. The normalized spacial score (nSPS) is 21.3. The summed E-state index contributed by atoms with van der Waals surface area (Å²) >= 11 is 0. The zero-order chi connectivity index (χ0) is 21.8. The van der Waals surface area contributed by atoms with Crippen LogP contribution in [0.25, 0.3) is 18.2 Å². The molecule has 0 saturated heterocycles. The predicted octanol–water partition coefficient (Wildman–Crippen LogP) is 8.16. The Hall–Kier alpha value is -3.90. The fourth-order valence-corrected chi connectivity index (χ4v) is 5.86. The van der Waals surface area contributed by atoms with Crippen molar-refractivity contribution in [3.05, 3.63) is 159 Å². The summed E-state index contributed by atoms with van der Waals surface area (Å²) in [6.45, 7) is 0. The van der Waals surface area contributed by atoms with E-state index >= 15 is 0 Å². The van der Waals surface area contributed by atoms with Crippen LogP contribution in [-0.4, -0.2) is 0 Å². The molecule has 7 rings (SSSR count). The molecule has 0 radical (unpaired) electrons. The summed E-state index contributed by atoms with van der Waals surface area (Å²) < 4.78 is 0. The molecule has 0 bridgehead atoms. The minimum atomic E-state index is 0.307. The zero-order valence-electron chi connectivity index (χ0n) is 18.4. The Morgan fingerprint density at radius 3 is 1.00 bits per heavy atom. The van der Waals surface area contributed by atoms with Gasteiger partial charge in [-0.25, -0.2) is 0 Å². The van der Waals surface area contributed by atoms with E-state index in [0.29, 0.717) is 17.8 Å². The number of rotatable bonds is 3. The van der Waals surface area contributed by atoms with E-state index in [2.05, 4.69) is 127 Å². The predicted molar refractivity (Wildman–Crippen MR) is 138 cm³/mol. The molecule has 156 valence electrons. The maximum Gasteiger partial charge on any atom is 0.0278 e. The van der Waals surface area contributed by atoms with Gasteiger partial charge in [0.2, 0.25) is 0 Å². The molecule has 3 unspecified atom stereocenters. The van der Waals surface area contributed by atoms with E-state index in [1.165, 1.54) is 50.1 Å². The van der Waals surface area contributed by atoms with Gasteiger partial charge in [-0.15, -0.1) is 0 Å². The van der Waals surface area contributed by atoms with Crippen molar-refractivity contribution >= 4 is 18.2 Å². The third-order valence-corrected chi connectivity index (χ3v) is 7.48. The average Bonchev–Trinajstić information content (AvgIpc) is 3.60. The van der Waals surface area contributed by atoms with Crippen LogP contribution in [0.2, 0.25) is 0 Å². The van der Waals surface area contributed by atoms with Gasteiger partial charge in [0.25, 0.3) is 0 Å². The minimum absolute atomic E-state index is 0.307. The van der Waals surface area contributed by atoms with Crippen molar-refractivity contribution in [3.8, 4) is 0 Å². The molecular formula is C33H24. The van der Waals surface area contributed by atoms with Crippen molar-refractivity contribution in [3.63, 3.8) is 0 Å². The average molecular weight is 421 g/mol. The first-order valence-corrected chi connectivity index (χ1v) is 11.8. The van der Waals surface area contributed by atoms with Crippen LogP contribution in [0.5, 0.6) is 0 Å². The highest BCUT2D eigenvalue weighted by Gasteiger charge is 2.26. The number of hydrogen-bond donors (Lipinski definition) is 0. The summed E-state index contributed by atoms with van der Waals surface area (Å²) in [5.74, 6) is 0.920. The lowest BCUT2D eigenvalue weighted by Crippen LogP contribution is -2.05. The monoisotopic (exact) mass is 420 g/mol. The van der Waals surface area contributed by atoms with E-state index in [1.807, 2.05) is 0 Å². The molecular weight excluding hydrogens is 396 g/mol. The van der Waals surface area contributed by atoms with Gasteiger partial charge in [0, 0.05) is 17.8 Å². The third kappa shape index (κ3) is 2.98. The second kappa shape index (κ2) is 7.32. The first-order valence-electron chi connectivity index (χ1n) is 11.8. The Bertz CT molecular complexity index is 1290. The molecule has 0 aliphatic heterocycles. The molecule has 0 N–H and O–H groups in total. The van der Waals surface area contributed by atoms with E-state index in [9.17, 15) is 0 Å². The van der Waals surface area contributed by atoms with Gasteiger partial charge in [-0.3, -0.25) is 0 Å². The molecule has 3 aliphatic carbocycles. The second-order valence-electron chi connectivity index (χ2n) is 9.33. The van der Waals surface area contributed by atoms with Crippen LogP contribution < -0.4 is 0 Å². The quantitative estimate of drug-likeness (QED) is 0.314. The molecule has 0 heterocycles. The molecule has 0 spiro atoms. The first kappa shape index (κ1) is 18.7. The summed E-state index contributed by atoms with van der Waals surface area (Å²) in [5, 5.41) is 0. The Kier molecular flexibility index (Phi) is 4.14. The second-order valence-corrected chi connectivity index (χ2v) is 9.33. The maximum absolute atomic E-state index is 2.45. The zero-order valence-corrected chi connectivity index (χ0v) is 18.4. The van der Waals surface area contributed by atoms with Crippen molar-refractivity contribution in [2.75, 3.05) is 0 Å². The lowest BCUT2D eigenvalue weighted by Gasteiger charge is -2.21. The summed E-state index contributed by atoms with van der Waals surface area (Å²) in [6.07, 6.45) is 13.9. The third-order valence-electron chi connectivity index (χ3n) is 7.48. The van der Waals surface area contributed by atoms with Crippen LogP contribution in [0.3, 0.4) is 0 Å². The van der Waals surface area contributed by atoms with Crippen LogP contribution in [-0.2, 0) is 0 Å². The summed E-state index contributed by atoms with van der Waals surface area (Å²) in [7, 11) is 0. The topological polar surface area (TPSA) is 0 Å². The largest absolute Gasteiger partial charge is 0.0720 e. The number of allylic oxidation sites excluding steroid dienone is 3. The van der Waals surface area contributed by atoms with Gasteiger partial charge in [0.05, 0.1) is 0 Å². The van der Waals surface area contributed by atoms with Gasteiger partial charge in [-0.05, 0) is 50.1 Å². The van der Waals surface area contributed by atoms with Gasteiger partial charge >= 0.3 is 0 Å². The van der Waals surface area contributed by atoms with Crippen molar-refractivity contribution in [2.45, 2.75) is 17.8 Å².